The summed E-state index contributed by atoms with van der Waals surface area (Å²) in [5.74, 6) is -2.81. The van der Waals surface area contributed by atoms with Gasteiger partial charge in [0.2, 0.25) is 17.1 Å². The third-order valence-corrected chi connectivity index (χ3v) is 6.83. The van der Waals surface area contributed by atoms with Gasteiger partial charge in [0.15, 0.2) is 5.41 Å². The van der Waals surface area contributed by atoms with Crippen molar-refractivity contribution in [3.8, 4) is 18.2 Å². The fourth-order valence-corrected chi connectivity index (χ4v) is 4.82. The summed E-state index contributed by atoms with van der Waals surface area (Å²) in [7, 11) is 0. The molecule has 2 aromatic rings. The van der Waals surface area contributed by atoms with Crippen molar-refractivity contribution in [2.45, 2.75) is 18.8 Å². The van der Waals surface area contributed by atoms with Crippen LogP contribution in [-0.4, -0.2) is 5.90 Å². The van der Waals surface area contributed by atoms with E-state index < -0.39 is 34.5 Å². The average Bonchev–Trinajstić information content (AvgIpc) is 2.93. The summed E-state index contributed by atoms with van der Waals surface area (Å²) in [6.45, 7) is 1.66. The first-order chi connectivity index (χ1) is 14.3. The fourth-order valence-electron chi connectivity index (χ4n) is 4.51. The monoisotopic (exact) mass is 436 g/mol. The van der Waals surface area contributed by atoms with Gasteiger partial charge in [-0.1, -0.05) is 66.5 Å². The molecule has 148 valence electrons. The number of nitriles is 3. The Morgan fingerprint density at radius 2 is 1.63 bits per heavy atom. The number of halogens is 2. The second kappa shape index (κ2) is 6.73. The SMILES string of the molecule is CC1C2(c3ccccc3)OC(=N)C1(C#N)C(C#N)(C#N)C(c1ccc(Cl)c(Cl)c1)O2. The number of ether oxygens (including phenoxy) is 2. The van der Waals surface area contributed by atoms with E-state index in [1.807, 2.05) is 18.2 Å². The zero-order valence-electron chi connectivity index (χ0n) is 15.7. The lowest BCUT2D eigenvalue weighted by molar-refractivity contribution is -0.288. The molecule has 0 aliphatic carbocycles. The maximum Gasteiger partial charge on any atom is 0.244 e. The molecule has 30 heavy (non-hydrogen) atoms. The molecule has 2 aromatic carbocycles. The van der Waals surface area contributed by atoms with Crippen molar-refractivity contribution < 1.29 is 9.47 Å². The summed E-state index contributed by atoms with van der Waals surface area (Å²) < 4.78 is 12.3. The summed E-state index contributed by atoms with van der Waals surface area (Å²) in [6, 6.07) is 19.6. The average molecular weight is 437 g/mol. The lowest BCUT2D eigenvalue weighted by Crippen LogP contribution is -2.57. The molecule has 2 saturated heterocycles. The molecule has 2 aliphatic heterocycles. The minimum atomic E-state index is -2.05. The topological polar surface area (TPSA) is 114 Å². The highest BCUT2D eigenvalue weighted by atomic mass is 35.5. The molecule has 0 aromatic heterocycles. The van der Waals surface area contributed by atoms with Crippen LogP contribution in [0.15, 0.2) is 48.5 Å². The highest BCUT2D eigenvalue weighted by Crippen LogP contribution is 2.69. The summed E-state index contributed by atoms with van der Waals surface area (Å²) in [6.07, 6.45) is -1.22. The van der Waals surface area contributed by atoms with Crippen LogP contribution >= 0.6 is 23.2 Å². The second-order valence-electron chi connectivity index (χ2n) is 7.31. The number of benzene rings is 2. The molecule has 2 heterocycles. The number of hydrogen-bond donors (Lipinski definition) is 1. The Morgan fingerprint density at radius 3 is 2.20 bits per heavy atom. The van der Waals surface area contributed by atoms with Gasteiger partial charge in [0.1, 0.15) is 6.10 Å². The smallest absolute Gasteiger partial charge is 0.244 e. The van der Waals surface area contributed by atoms with Gasteiger partial charge in [0, 0.05) is 5.56 Å². The molecule has 0 spiro atoms. The Kier molecular flexibility index (Phi) is 4.53. The summed E-state index contributed by atoms with van der Waals surface area (Å²) >= 11 is 12.2. The van der Waals surface area contributed by atoms with Gasteiger partial charge in [-0.25, -0.2) is 0 Å². The molecule has 0 radical (unpaired) electrons. The van der Waals surface area contributed by atoms with Gasteiger partial charge in [0.25, 0.3) is 0 Å². The summed E-state index contributed by atoms with van der Waals surface area (Å²) in [5.41, 5.74) is -2.95. The van der Waals surface area contributed by atoms with E-state index >= 15 is 0 Å². The molecule has 4 unspecified atom stereocenters. The standard InChI is InChI=1S/C22H14Cl2N4O2/c1-13-21(12-27)19(28)30-22(13,15-5-3-2-4-6-15)29-18(20(21,10-25)11-26)14-7-8-16(23)17(24)9-14/h2-9,13,18,28H,1H3. The first-order valence-electron chi connectivity index (χ1n) is 9.03. The van der Waals surface area contributed by atoms with E-state index in [4.69, 9.17) is 38.1 Å². The number of fused-ring (bicyclic) bond motifs is 2. The number of hydrogen-bond acceptors (Lipinski definition) is 6. The minimum absolute atomic E-state index is 0.212. The van der Waals surface area contributed by atoms with Crippen molar-refractivity contribution in [2.24, 2.45) is 16.7 Å². The van der Waals surface area contributed by atoms with Crippen LogP contribution in [0, 0.1) is 56.2 Å². The first kappa shape index (κ1) is 20.2. The van der Waals surface area contributed by atoms with Gasteiger partial charge in [-0.2, -0.15) is 15.8 Å². The van der Waals surface area contributed by atoms with Crippen molar-refractivity contribution >= 4 is 29.1 Å². The second-order valence-corrected chi connectivity index (χ2v) is 8.12. The predicted molar refractivity (Wildman–Crippen MR) is 108 cm³/mol. The van der Waals surface area contributed by atoms with E-state index in [-0.39, 0.29) is 5.02 Å². The maximum atomic E-state index is 10.3. The Hall–Kier alpha value is -3.08. The van der Waals surface area contributed by atoms with Crippen molar-refractivity contribution in [1.29, 1.82) is 21.2 Å². The van der Waals surface area contributed by atoms with Crippen LogP contribution in [0.4, 0.5) is 0 Å². The molecular formula is C22H14Cl2N4O2. The third-order valence-electron chi connectivity index (χ3n) is 6.09. The molecule has 2 aliphatic rings. The van der Waals surface area contributed by atoms with E-state index in [1.165, 1.54) is 12.1 Å². The van der Waals surface area contributed by atoms with E-state index in [9.17, 15) is 15.8 Å². The molecule has 2 bridgehead atoms. The molecule has 0 saturated carbocycles. The van der Waals surface area contributed by atoms with E-state index in [0.717, 1.165) is 0 Å². The number of nitrogens with one attached hydrogen (secondary N) is 1. The van der Waals surface area contributed by atoms with Crippen molar-refractivity contribution in [3.05, 3.63) is 69.7 Å². The van der Waals surface area contributed by atoms with Crippen LogP contribution in [0.2, 0.25) is 10.0 Å². The Bertz CT molecular complexity index is 1170. The zero-order chi connectivity index (χ0) is 21.7. The third kappa shape index (κ3) is 2.23. The molecule has 4 rings (SSSR count). The highest BCUT2D eigenvalue weighted by Gasteiger charge is 2.79. The van der Waals surface area contributed by atoms with Crippen molar-refractivity contribution in [2.75, 3.05) is 0 Å². The first-order valence-corrected chi connectivity index (χ1v) is 9.78. The van der Waals surface area contributed by atoms with Gasteiger partial charge in [-0.15, -0.1) is 0 Å². The molecule has 8 heteroatoms. The van der Waals surface area contributed by atoms with Crippen LogP contribution in [0.3, 0.4) is 0 Å². The van der Waals surface area contributed by atoms with Gasteiger partial charge >= 0.3 is 0 Å². The summed E-state index contributed by atoms with van der Waals surface area (Å²) in [5, 5.41) is 39.7. The van der Waals surface area contributed by atoms with Crippen LogP contribution in [0.25, 0.3) is 0 Å². The van der Waals surface area contributed by atoms with Crippen LogP contribution in [0.5, 0.6) is 0 Å². The fraction of sp³-hybridized carbons (Fsp3) is 0.273. The normalized spacial score (nSPS) is 31.1. The summed E-state index contributed by atoms with van der Waals surface area (Å²) in [4.78, 5) is 0. The van der Waals surface area contributed by atoms with Crippen LogP contribution in [0.1, 0.15) is 24.2 Å². The van der Waals surface area contributed by atoms with E-state index in [0.29, 0.717) is 16.1 Å². The van der Waals surface area contributed by atoms with Gasteiger partial charge in [-0.05, 0) is 17.7 Å². The largest absolute Gasteiger partial charge is 0.443 e. The Morgan fingerprint density at radius 1 is 0.967 bits per heavy atom. The molecular weight excluding hydrogens is 423 g/mol. The molecule has 1 N–H and O–H groups in total. The van der Waals surface area contributed by atoms with Gasteiger partial charge in [-0.3, -0.25) is 5.41 Å². The van der Waals surface area contributed by atoms with Crippen molar-refractivity contribution in [1.82, 2.24) is 0 Å². The molecule has 2 fully saturated rings. The number of nitrogens with zero attached hydrogens (tertiary/aromatic N) is 3. The zero-order valence-corrected chi connectivity index (χ0v) is 17.2. The maximum absolute atomic E-state index is 10.3. The van der Waals surface area contributed by atoms with Gasteiger partial charge in [0.05, 0.1) is 34.2 Å². The van der Waals surface area contributed by atoms with Crippen LogP contribution in [-0.2, 0) is 15.3 Å². The minimum Gasteiger partial charge on any atom is -0.443 e. The van der Waals surface area contributed by atoms with E-state index in [2.05, 4.69) is 6.07 Å². The molecule has 6 nitrogen and oxygen atoms in total. The lowest BCUT2D eigenvalue weighted by Gasteiger charge is -2.48. The Labute approximate surface area is 183 Å². The van der Waals surface area contributed by atoms with E-state index in [1.54, 1.807) is 37.3 Å². The van der Waals surface area contributed by atoms with Crippen LogP contribution < -0.4 is 0 Å². The molecule has 4 atom stereocenters. The lowest BCUT2D eigenvalue weighted by atomic mass is 9.53. The predicted octanol–water partition coefficient (Wildman–Crippen LogP) is 5.10. The Balaban J connectivity index is 2.05. The quantitative estimate of drug-likeness (QED) is 0.702. The molecule has 0 amide bonds. The van der Waals surface area contributed by atoms with Gasteiger partial charge < -0.3 is 9.47 Å². The van der Waals surface area contributed by atoms with Crippen molar-refractivity contribution in [3.63, 3.8) is 0 Å². The highest BCUT2D eigenvalue weighted by molar-refractivity contribution is 6.42. The number of rotatable bonds is 2.